The first-order chi connectivity index (χ1) is 13.2. The Morgan fingerprint density at radius 2 is 1.85 bits per heavy atom. The van der Waals surface area contributed by atoms with Crippen LogP contribution in [0, 0.1) is 0 Å². The van der Waals surface area contributed by atoms with Gasteiger partial charge < -0.3 is 19.9 Å². The summed E-state index contributed by atoms with van der Waals surface area (Å²) in [5.74, 6) is 0. The van der Waals surface area contributed by atoms with E-state index in [0.29, 0.717) is 10.7 Å². The van der Waals surface area contributed by atoms with E-state index in [4.69, 9.17) is 11.6 Å². The highest BCUT2D eigenvalue weighted by molar-refractivity contribution is 6.31. The Hall–Kier alpha value is -2.34. The van der Waals surface area contributed by atoms with Crippen molar-refractivity contribution in [3.05, 3.63) is 63.9 Å². The first-order valence-electron chi connectivity index (χ1n) is 9.27. The second-order valence-corrected chi connectivity index (χ2v) is 7.38. The summed E-state index contributed by atoms with van der Waals surface area (Å²) >= 11 is 6.28. The Labute approximate surface area is 162 Å². The molecule has 0 unspecified atom stereocenters. The summed E-state index contributed by atoms with van der Waals surface area (Å²) in [5.41, 5.74) is 3.36. The molecule has 0 amide bonds. The van der Waals surface area contributed by atoms with Crippen molar-refractivity contribution in [1.82, 2.24) is 4.98 Å². The lowest BCUT2D eigenvalue weighted by Crippen LogP contribution is -3.15. The number of hydrogen-bond acceptors (Lipinski definition) is 3. The van der Waals surface area contributed by atoms with Gasteiger partial charge in [-0.15, -0.1) is 0 Å². The molecule has 4 rings (SSSR count). The molecule has 1 saturated heterocycles. The van der Waals surface area contributed by atoms with E-state index in [0.717, 1.165) is 54.8 Å². The van der Waals surface area contributed by atoms with Crippen LogP contribution in [0.4, 0.5) is 5.69 Å². The number of aromatic nitrogens is 1. The molecule has 1 aromatic heterocycles. The number of hydrogen-bond donors (Lipinski definition) is 3. The average Bonchev–Trinajstić information content (AvgIpc) is 2.69. The van der Waals surface area contributed by atoms with Gasteiger partial charge in [0.05, 0.1) is 32.8 Å². The van der Waals surface area contributed by atoms with E-state index < -0.39 is 0 Å². The molecule has 0 bridgehead atoms. The highest BCUT2D eigenvalue weighted by atomic mass is 35.5. The molecule has 0 atom stereocenters. The molecule has 3 aromatic rings. The van der Waals surface area contributed by atoms with E-state index in [2.05, 4.69) is 9.88 Å². The van der Waals surface area contributed by atoms with Crippen LogP contribution in [0.15, 0.2) is 53.3 Å². The van der Waals surface area contributed by atoms with Crippen LogP contribution in [-0.2, 0) is 0 Å². The molecule has 5 nitrogen and oxygen atoms in total. The van der Waals surface area contributed by atoms with Gasteiger partial charge in [0.2, 0.25) is 0 Å². The number of quaternary nitrogens is 1. The summed E-state index contributed by atoms with van der Waals surface area (Å²) < 4.78 is 0. The molecule has 0 saturated carbocycles. The summed E-state index contributed by atoms with van der Waals surface area (Å²) in [5, 5.41) is 10.8. The summed E-state index contributed by atoms with van der Waals surface area (Å²) in [7, 11) is 0. The fourth-order valence-corrected chi connectivity index (χ4v) is 4.08. The third-order valence-corrected chi connectivity index (χ3v) is 5.50. The van der Waals surface area contributed by atoms with E-state index in [9.17, 15) is 9.90 Å². The van der Waals surface area contributed by atoms with Gasteiger partial charge in [0.25, 0.3) is 5.56 Å². The maximum atomic E-state index is 13.0. The number of pyridine rings is 1. The first-order valence-corrected chi connectivity index (χ1v) is 9.65. The van der Waals surface area contributed by atoms with Gasteiger partial charge in [-0.1, -0.05) is 41.9 Å². The number of nitrogens with zero attached hydrogens (tertiary/aromatic N) is 1. The van der Waals surface area contributed by atoms with Crippen molar-refractivity contribution in [2.24, 2.45) is 0 Å². The SMILES string of the molecule is O=c1[nH]c2ccc(Cl)cc2c(-c2ccccc2)c1N1CC[NH+](CCO)CC1. The summed E-state index contributed by atoms with van der Waals surface area (Å²) in [6, 6.07) is 15.6. The summed E-state index contributed by atoms with van der Waals surface area (Å²) in [4.78, 5) is 19.6. The van der Waals surface area contributed by atoms with E-state index in [1.807, 2.05) is 42.5 Å². The highest BCUT2D eigenvalue weighted by Crippen LogP contribution is 2.35. The summed E-state index contributed by atoms with van der Waals surface area (Å²) in [6.45, 7) is 4.32. The van der Waals surface area contributed by atoms with Crippen LogP contribution in [0.25, 0.3) is 22.0 Å². The Kier molecular flexibility index (Phi) is 5.16. The van der Waals surface area contributed by atoms with Crippen LogP contribution >= 0.6 is 11.6 Å². The van der Waals surface area contributed by atoms with Crippen LogP contribution in [-0.4, -0.2) is 49.4 Å². The third kappa shape index (κ3) is 3.58. The Balaban J connectivity index is 1.87. The van der Waals surface area contributed by atoms with Crippen LogP contribution in [0.2, 0.25) is 5.02 Å². The zero-order chi connectivity index (χ0) is 18.8. The van der Waals surface area contributed by atoms with Crippen molar-refractivity contribution in [1.29, 1.82) is 0 Å². The molecule has 0 radical (unpaired) electrons. The first kappa shape index (κ1) is 18.0. The van der Waals surface area contributed by atoms with Gasteiger partial charge in [-0.25, -0.2) is 0 Å². The topological polar surface area (TPSA) is 60.8 Å². The molecule has 1 aliphatic heterocycles. The molecule has 2 heterocycles. The molecular weight excluding hydrogens is 362 g/mol. The molecular formula is C21H23ClN3O2+. The van der Waals surface area contributed by atoms with Gasteiger partial charge in [0.15, 0.2) is 0 Å². The fourth-order valence-electron chi connectivity index (χ4n) is 3.91. The van der Waals surface area contributed by atoms with Crippen molar-refractivity contribution in [2.75, 3.05) is 44.2 Å². The number of nitrogens with one attached hydrogen (secondary N) is 2. The molecule has 1 fully saturated rings. The zero-order valence-corrected chi connectivity index (χ0v) is 15.8. The highest BCUT2D eigenvalue weighted by Gasteiger charge is 2.25. The van der Waals surface area contributed by atoms with Gasteiger partial charge in [-0.2, -0.15) is 0 Å². The Morgan fingerprint density at radius 1 is 1.11 bits per heavy atom. The number of fused-ring (bicyclic) bond motifs is 1. The van der Waals surface area contributed by atoms with Crippen LogP contribution < -0.4 is 15.4 Å². The molecule has 2 aromatic carbocycles. The molecule has 27 heavy (non-hydrogen) atoms. The van der Waals surface area contributed by atoms with E-state index in [1.165, 1.54) is 4.90 Å². The normalized spacial score (nSPS) is 15.4. The van der Waals surface area contributed by atoms with Crippen LogP contribution in [0.3, 0.4) is 0 Å². The quantitative estimate of drug-likeness (QED) is 0.639. The minimum atomic E-state index is -0.0747. The zero-order valence-electron chi connectivity index (χ0n) is 15.0. The number of piperazine rings is 1. The number of aliphatic hydroxyl groups is 1. The number of H-pyrrole nitrogens is 1. The second-order valence-electron chi connectivity index (χ2n) is 6.94. The third-order valence-electron chi connectivity index (χ3n) is 5.27. The molecule has 140 valence electrons. The lowest BCUT2D eigenvalue weighted by molar-refractivity contribution is -0.900. The Bertz CT molecular complexity index is 995. The van der Waals surface area contributed by atoms with Crippen molar-refractivity contribution in [3.63, 3.8) is 0 Å². The van der Waals surface area contributed by atoms with Crippen molar-refractivity contribution in [3.8, 4) is 11.1 Å². The molecule has 0 spiro atoms. The average molecular weight is 385 g/mol. The molecule has 1 aliphatic rings. The lowest BCUT2D eigenvalue weighted by Gasteiger charge is -2.34. The van der Waals surface area contributed by atoms with E-state index in [-0.39, 0.29) is 12.2 Å². The number of anilines is 1. The maximum Gasteiger partial charge on any atom is 0.272 e. The van der Waals surface area contributed by atoms with Gasteiger partial charge in [0.1, 0.15) is 12.2 Å². The maximum absolute atomic E-state index is 13.0. The monoisotopic (exact) mass is 384 g/mol. The number of halogens is 1. The molecule has 3 N–H and O–H groups in total. The molecule has 6 heteroatoms. The largest absolute Gasteiger partial charge is 0.391 e. The number of rotatable bonds is 4. The lowest BCUT2D eigenvalue weighted by atomic mass is 9.98. The molecule has 0 aliphatic carbocycles. The smallest absolute Gasteiger partial charge is 0.272 e. The minimum absolute atomic E-state index is 0.0747. The van der Waals surface area contributed by atoms with E-state index >= 15 is 0 Å². The van der Waals surface area contributed by atoms with Crippen LogP contribution in [0.1, 0.15) is 0 Å². The fraction of sp³-hybridized carbons (Fsp3) is 0.286. The van der Waals surface area contributed by atoms with Crippen molar-refractivity contribution in [2.45, 2.75) is 0 Å². The summed E-state index contributed by atoms with van der Waals surface area (Å²) in [6.07, 6.45) is 0. The van der Waals surface area contributed by atoms with Crippen LogP contribution in [0.5, 0.6) is 0 Å². The Morgan fingerprint density at radius 3 is 2.56 bits per heavy atom. The van der Waals surface area contributed by atoms with Gasteiger partial charge in [0, 0.05) is 21.5 Å². The van der Waals surface area contributed by atoms with E-state index in [1.54, 1.807) is 6.07 Å². The van der Waals surface area contributed by atoms with Gasteiger partial charge in [-0.3, -0.25) is 4.79 Å². The van der Waals surface area contributed by atoms with Gasteiger partial charge in [-0.05, 0) is 23.8 Å². The number of aliphatic hydroxyl groups excluding tert-OH is 1. The number of aromatic amines is 1. The van der Waals surface area contributed by atoms with Crippen molar-refractivity contribution < 1.29 is 10.0 Å². The second kappa shape index (κ2) is 7.72. The predicted molar refractivity (Wildman–Crippen MR) is 110 cm³/mol. The minimum Gasteiger partial charge on any atom is -0.391 e. The standard InChI is InChI=1S/C21H22ClN3O2/c22-16-6-7-18-17(14-16)19(15-4-2-1-3-5-15)20(21(27)23-18)25-10-8-24(9-11-25)12-13-26/h1-7,14,26H,8-13H2,(H,23,27)/p+1. The van der Waals surface area contributed by atoms with Gasteiger partial charge >= 0.3 is 0 Å². The predicted octanol–water partition coefficient (Wildman–Crippen LogP) is 1.55. The number of benzene rings is 2. The van der Waals surface area contributed by atoms with Crippen molar-refractivity contribution >= 4 is 28.2 Å².